The maximum absolute atomic E-state index is 12.1. The van der Waals surface area contributed by atoms with E-state index in [1.54, 1.807) is 6.20 Å². The first-order valence-electron chi connectivity index (χ1n) is 7.04. The number of hydrogen-bond donors (Lipinski definition) is 1. The van der Waals surface area contributed by atoms with Crippen LogP contribution in [-0.2, 0) is 4.79 Å². The molecular weight excluding hydrogens is 304 g/mol. The van der Waals surface area contributed by atoms with Crippen LogP contribution in [0.25, 0.3) is 0 Å². The van der Waals surface area contributed by atoms with Gasteiger partial charge >= 0.3 is 0 Å². The number of anilines is 1. The molecule has 0 saturated heterocycles. The van der Waals surface area contributed by atoms with Crippen LogP contribution >= 0.6 is 15.9 Å². The maximum Gasteiger partial charge on any atom is 0.224 e. The Labute approximate surface area is 122 Å². The fourth-order valence-corrected chi connectivity index (χ4v) is 3.92. The van der Waals surface area contributed by atoms with Gasteiger partial charge in [-0.05, 0) is 71.5 Å². The van der Waals surface area contributed by atoms with Gasteiger partial charge in [0.25, 0.3) is 0 Å². The predicted molar refractivity (Wildman–Crippen MR) is 78.9 cm³/mol. The summed E-state index contributed by atoms with van der Waals surface area (Å²) in [5, 5.41) is 2.97. The molecule has 2 aliphatic carbocycles. The van der Waals surface area contributed by atoms with Gasteiger partial charge < -0.3 is 5.32 Å². The number of aromatic nitrogens is 1. The van der Waals surface area contributed by atoms with Gasteiger partial charge in [0, 0.05) is 6.42 Å². The Bertz CT molecular complexity index is 503. The van der Waals surface area contributed by atoms with Crippen molar-refractivity contribution in [3.8, 4) is 0 Å². The normalized spacial score (nSPS) is 28.6. The second kappa shape index (κ2) is 5.23. The first kappa shape index (κ1) is 13.1. The molecule has 0 aromatic carbocycles. The number of pyridine rings is 1. The summed E-state index contributed by atoms with van der Waals surface area (Å²) in [7, 11) is 0. The molecule has 0 spiro atoms. The summed E-state index contributed by atoms with van der Waals surface area (Å²) in [4.78, 5) is 16.3. The van der Waals surface area contributed by atoms with E-state index >= 15 is 0 Å². The van der Waals surface area contributed by atoms with Crippen LogP contribution < -0.4 is 5.32 Å². The Balaban J connectivity index is 1.57. The molecule has 1 amide bonds. The summed E-state index contributed by atoms with van der Waals surface area (Å²) in [6.45, 7) is 1.97. The van der Waals surface area contributed by atoms with Crippen molar-refractivity contribution in [2.75, 3.05) is 5.32 Å². The Hall–Kier alpha value is -0.900. The monoisotopic (exact) mass is 322 g/mol. The molecule has 0 radical (unpaired) electrons. The zero-order valence-corrected chi connectivity index (χ0v) is 12.7. The third kappa shape index (κ3) is 2.83. The molecule has 3 atom stereocenters. The molecule has 1 heterocycles. The van der Waals surface area contributed by atoms with Crippen molar-refractivity contribution in [3.05, 3.63) is 22.4 Å². The quantitative estimate of drug-likeness (QED) is 0.857. The molecule has 3 rings (SSSR count). The van der Waals surface area contributed by atoms with E-state index in [-0.39, 0.29) is 5.91 Å². The van der Waals surface area contributed by atoms with Crippen LogP contribution in [0.15, 0.2) is 16.9 Å². The van der Waals surface area contributed by atoms with E-state index in [4.69, 9.17) is 0 Å². The molecular formula is C15H19BrN2O. The van der Waals surface area contributed by atoms with E-state index in [1.807, 2.05) is 13.0 Å². The number of amides is 1. The van der Waals surface area contributed by atoms with Crippen molar-refractivity contribution in [2.45, 2.75) is 39.0 Å². The number of hydrogen-bond acceptors (Lipinski definition) is 2. The van der Waals surface area contributed by atoms with E-state index in [1.165, 1.54) is 25.7 Å². The van der Waals surface area contributed by atoms with Crippen LogP contribution in [0.5, 0.6) is 0 Å². The fraction of sp³-hybridized carbons (Fsp3) is 0.600. The summed E-state index contributed by atoms with van der Waals surface area (Å²) < 4.78 is 0.832. The van der Waals surface area contributed by atoms with Crippen molar-refractivity contribution >= 4 is 27.5 Å². The van der Waals surface area contributed by atoms with Crippen molar-refractivity contribution in [1.82, 2.24) is 4.98 Å². The maximum atomic E-state index is 12.1. The highest BCUT2D eigenvalue weighted by Crippen LogP contribution is 2.49. The molecule has 0 aliphatic heterocycles. The van der Waals surface area contributed by atoms with Gasteiger partial charge in [-0.2, -0.15) is 0 Å². The van der Waals surface area contributed by atoms with Crippen LogP contribution in [-0.4, -0.2) is 10.9 Å². The smallest absolute Gasteiger partial charge is 0.224 e. The molecule has 1 N–H and O–H groups in total. The van der Waals surface area contributed by atoms with Gasteiger partial charge in [-0.15, -0.1) is 0 Å². The Morgan fingerprint density at radius 3 is 2.95 bits per heavy atom. The molecule has 19 heavy (non-hydrogen) atoms. The first-order chi connectivity index (χ1) is 9.11. The highest BCUT2D eigenvalue weighted by atomic mass is 79.9. The molecule has 2 aliphatic rings. The molecule has 102 valence electrons. The third-order valence-corrected chi connectivity index (χ3v) is 5.46. The number of nitrogens with one attached hydrogen (secondary N) is 1. The lowest BCUT2D eigenvalue weighted by molar-refractivity contribution is -0.117. The van der Waals surface area contributed by atoms with Gasteiger partial charge in [0.05, 0.1) is 11.9 Å². The van der Waals surface area contributed by atoms with Crippen LogP contribution in [0.4, 0.5) is 5.69 Å². The van der Waals surface area contributed by atoms with Gasteiger partial charge in [0.1, 0.15) is 4.60 Å². The third-order valence-electron chi connectivity index (χ3n) is 4.63. The standard InChI is InChI=1S/C15H19BrN2O/c1-9-4-13(8-17-15(9)16)18-14(19)7-12-6-10-2-3-11(12)5-10/h4,8,10-12H,2-3,5-7H2,1H3,(H,18,19). The number of carbonyl (C=O) groups excluding carboxylic acids is 1. The molecule has 2 saturated carbocycles. The minimum absolute atomic E-state index is 0.140. The zero-order chi connectivity index (χ0) is 13.4. The lowest BCUT2D eigenvalue weighted by atomic mass is 9.86. The van der Waals surface area contributed by atoms with Gasteiger partial charge in [-0.1, -0.05) is 6.42 Å². The van der Waals surface area contributed by atoms with Crippen molar-refractivity contribution < 1.29 is 4.79 Å². The highest BCUT2D eigenvalue weighted by molar-refractivity contribution is 9.10. The van der Waals surface area contributed by atoms with Crippen LogP contribution in [0.1, 0.15) is 37.7 Å². The summed E-state index contributed by atoms with van der Waals surface area (Å²) in [6, 6.07) is 1.95. The number of halogens is 1. The zero-order valence-electron chi connectivity index (χ0n) is 11.2. The van der Waals surface area contributed by atoms with Gasteiger partial charge in [0.2, 0.25) is 5.91 Å². The highest BCUT2D eigenvalue weighted by Gasteiger charge is 2.40. The second-order valence-electron chi connectivity index (χ2n) is 6.02. The van der Waals surface area contributed by atoms with Crippen molar-refractivity contribution in [1.29, 1.82) is 0 Å². The van der Waals surface area contributed by atoms with Gasteiger partial charge in [-0.25, -0.2) is 4.98 Å². The molecule has 2 bridgehead atoms. The summed E-state index contributed by atoms with van der Waals surface area (Å²) in [6.07, 6.45) is 7.72. The largest absolute Gasteiger partial charge is 0.325 e. The van der Waals surface area contributed by atoms with Gasteiger partial charge in [0.15, 0.2) is 0 Å². The number of fused-ring (bicyclic) bond motifs is 2. The molecule has 2 fully saturated rings. The van der Waals surface area contributed by atoms with E-state index in [0.717, 1.165) is 27.7 Å². The van der Waals surface area contributed by atoms with Crippen molar-refractivity contribution in [2.24, 2.45) is 17.8 Å². The van der Waals surface area contributed by atoms with E-state index in [2.05, 4.69) is 26.2 Å². The minimum atomic E-state index is 0.140. The Morgan fingerprint density at radius 2 is 2.32 bits per heavy atom. The van der Waals surface area contributed by atoms with Crippen molar-refractivity contribution in [3.63, 3.8) is 0 Å². The Morgan fingerprint density at radius 1 is 1.47 bits per heavy atom. The average molecular weight is 323 g/mol. The second-order valence-corrected chi connectivity index (χ2v) is 6.77. The van der Waals surface area contributed by atoms with E-state index in [0.29, 0.717) is 12.3 Å². The SMILES string of the molecule is Cc1cc(NC(=O)CC2CC3CCC2C3)cnc1Br. The summed E-state index contributed by atoms with van der Waals surface area (Å²) in [5.41, 5.74) is 1.84. The first-order valence-corrected chi connectivity index (χ1v) is 7.83. The molecule has 4 heteroatoms. The molecule has 1 aromatic heterocycles. The topological polar surface area (TPSA) is 42.0 Å². The predicted octanol–water partition coefficient (Wildman–Crippen LogP) is 3.92. The number of aryl methyl sites for hydroxylation is 1. The molecule has 3 unspecified atom stereocenters. The van der Waals surface area contributed by atoms with Crippen LogP contribution in [0.2, 0.25) is 0 Å². The number of nitrogens with zero attached hydrogens (tertiary/aromatic N) is 1. The van der Waals surface area contributed by atoms with Crippen LogP contribution in [0, 0.1) is 24.7 Å². The lowest BCUT2D eigenvalue weighted by Crippen LogP contribution is -2.20. The van der Waals surface area contributed by atoms with E-state index < -0.39 is 0 Å². The number of carbonyl (C=O) groups is 1. The van der Waals surface area contributed by atoms with E-state index in [9.17, 15) is 4.79 Å². The molecule has 3 nitrogen and oxygen atoms in total. The fourth-order valence-electron chi connectivity index (χ4n) is 3.70. The summed E-state index contributed by atoms with van der Waals surface area (Å²) in [5.74, 6) is 2.46. The minimum Gasteiger partial charge on any atom is -0.325 e. The van der Waals surface area contributed by atoms with Crippen LogP contribution in [0.3, 0.4) is 0 Å². The number of rotatable bonds is 3. The van der Waals surface area contributed by atoms with Gasteiger partial charge in [-0.3, -0.25) is 4.79 Å². The lowest BCUT2D eigenvalue weighted by Gasteiger charge is -2.20. The Kier molecular flexibility index (Phi) is 3.61. The average Bonchev–Trinajstić information content (AvgIpc) is 2.96. The molecule has 1 aromatic rings. The summed E-state index contributed by atoms with van der Waals surface area (Å²) >= 11 is 3.36.